The van der Waals surface area contributed by atoms with E-state index in [-0.39, 0.29) is 31.1 Å². The third kappa shape index (κ3) is 4.73. The normalized spacial score (nSPS) is 26.2. The van der Waals surface area contributed by atoms with Crippen LogP contribution in [0.1, 0.15) is 36.0 Å². The topological polar surface area (TPSA) is 113 Å². The first-order chi connectivity index (χ1) is 13.2. The Bertz CT molecular complexity index is 855. The number of carbonyl (C=O) groups excluding carboxylic acids is 2. The van der Waals surface area contributed by atoms with E-state index < -0.39 is 22.1 Å². The highest BCUT2D eigenvalue weighted by Gasteiger charge is 2.45. The highest BCUT2D eigenvalue weighted by atomic mass is 79.9. The van der Waals surface area contributed by atoms with Gasteiger partial charge in [-0.15, -0.1) is 0 Å². The highest BCUT2D eigenvalue weighted by Crippen LogP contribution is 2.24. The second-order valence-electron chi connectivity index (χ2n) is 7.38. The van der Waals surface area contributed by atoms with E-state index in [4.69, 9.17) is 5.73 Å². The Balaban J connectivity index is 1.83. The monoisotopic (exact) mass is 472 g/mol. The summed E-state index contributed by atoms with van der Waals surface area (Å²) in [6.45, 7) is 0.248. The molecular formula is C18H25BrN4O4S. The molecule has 28 heavy (non-hydrogen) atoms. The van der Waals surface area contributed by atoms with Crippen LogP contribution in [0.5, 0.6) is 0 Å². The minimum Gasteiger partial charge on any atom is -0.350 e. The standard InChI is InChI=1S/C18H25BrN4O4S/c1-28(26,27)23-10-9-22(18(25)12-3-2-4-13(19)11-12)17(23)16(24)21-15-7-5-14(20)6-8-15/h2-4,11,14-15,17H,5-10,20H2,1H3,(H,21,24). The van der Waals surface area contributed by atoms with Crippen molar-refractivity contribution < 1.29 is 18.0 Å². The van der Waals surface area contributed by atoms with Gasteiger partial charge in [-0.2, -0.15) is 4.31 Å². The SMILES string of the molecule is CS(=O)(=O)N1CCN(C(=O)c2cccc(Br)c2)C1C(=O)NC1CCC(N)CC1. The number of rotatable bonds is 4. The molecule has 1 unspecified atom stereocenters. The van der Waals surface area contributed by atoms with Crippen molar-refractivity contribution in [1.82, 2.24) is 14.5 Å². The number of nitrogens with two attached hydrogens (primary N) is 1. The predicted molar refractivity (Wildman–Crippen MR) is 109 cm³/mol. The molecule has 1 aliphatic carbocycles. The van der Waals surface area contributed by atoms with Crippen LogP contribution < -0.4 is 11.1 Å². The van der Waals surface area contributed by atoms with Crippen molar-refractivity contribution >= 4 is 37.8 Å². The van der Waals surface area contributed by atoms with Gasteiger partial charge in [0.1, 0.15) is 0 Å². The average Bonchev–Trinajstić information content (AvgIpc) is 3.08. The number of amides is 2. The van der Waals surface area contributed by atoms with E-state index in [2.05, 4.69) is 21.2 Å². The Labute approximate surface area is 173 Å². The largest absolute Gasteiger partial charge is 0.350 e. The number of hydrogen-bond donors (Lipinski definition) is 2. The van der Waals surface area contributed by atoms with E-state index >= 15 is 0 Å². The zero-order valence-corrected chi connectivity index (χ0v) is 18.1. The van der Waals surface area contributed by atoms with Crippen LogP contribution >= 0.6 is 15.9 Å². The van der Waals surface area contributed by atoms with Crippen LogP contribution in [0.4, 0.5) is 0 Å². The molecule has 0 aromatic heterocycles. The van der Waals surface area contributed by atoms with Gasteiger partial charge in [0, 0.05) is 35.2 Å². The van der Waals surface area contributed by atoms with E-state index in [0.717, 1.165) is 40.7 Å². The van der Waals surface area contributed by atoms with E-state index in [1.165, 1.54) is 4.90 Å². The van der Waals surface area contributed by atoms with Gasteiger partial charge in [0.25, 0.3) is 11.8 Å². The number of benzene rings is 1. The van der Waals surface area contributed by atoms with Crippen LogP contribution in [0.15, 0.2) is 28.7 Å². The van der Waals surface area contributed by atoms with Gasteiger partial charge in [-0.05, 0) is 43.9 Å². The van der Waals surface area contributed by atoms with Crippen LogP contribution in [0, 0.1) is 0 Å². The van der Waals surface area contributed by atoms with Crippen molar-refractivity contribution in [2.75, 3.05) is 19.3 Å². The maximum atomic E-state index is 13.0. The lowest BCUT2D eigenvalue weighted by molar-refractivity contribution is -0.128. The Morgan fingerprint density at radius 3 is 2.46 bits per heavy atom. The van der Waals surface area contributed by atoms with Crippen molar-refractivity contribution in [2.45, 2.75) is 43.9 Å². The minimum atomic E-state index is -3.65. The Hall–Kier alpha value is -1.49. The molecule has 1 saturated heterocycles. The fraction of sp³-hybridized carbons (Fsp3) is 0.556. The zero-order chi connectivity index (χ0) is 20.5. The third-order valence-corrected chi connectivity index (χ3v) is 6.97. The molecule has 0 spiro atoms. The summed E-state index contributed by atoms with van der Waals surface area (Å²) in [6, 6.07) is 6.90. The van der Waals surface area contributed by atoms with Gasteiger partial charge in [-0.3, -0.25) is 9.59 Å². The molecule has 2 aliphatic rings. The van der Waals surface area contributed by atoms with Crippen LogP contribution in [-0.4, -0.2) is 67.0 Å². The molecule has 1 aromatic carbocycles. The molecule has 1 saturated carbocycles. The van der Waals surface area contributed by atoms with Crippen molar-refractivity contribution in [1.29, 1.82) is 0 Å². The molecule has 0 radical (unpaired) electrons. The van der Waals surface area contributed by atoms with E-state index in [9.17, 15) is 18.0 Å². The summed E-state index contributed by atoms with van der Waals surface area (Å²) in [7, 11) is -3.65. The molecule has 3 rings (SSSR count). The smallest absolute Gasteiger partial charge is 0.259 e. The molecular weight excluding hydrogens is 448 g/mol. The molecule has 10 heteroatoms. The molecule has 154 valence electrons. The predicted octanol–water partition coefficient (Wildman–Crippen LogP) is 0.879. The Morgan fingerprint density at radius 1 is 1.18 bits per heavy atom. The molecule has 2 fully saturated rings. The average molecular weight is 473 g/mol. The minimum absolute atomic E-state index is 0.0582. The molecule has 3 N–H and O–H groups in total. The molecule has 0 bridgehead atoms. The van der Waals surface area contributed by atoms with Crippen molar-refractivity contribution in [3.63, 3.8) is 0 Å². The van der Waals surface area contributed by atoms with Gasteiger partial charge < -0.3 is 16.0 Å². The lowest BCUT2D eigenvalue weighted by atomic mass is 9.92. The second kappa shape index (κ2) is 8.48. The van der Waals surface area contributed by atoms with E-state index in [0.29, 0.717) is 5.56 Å². The van der Waals surface area contributed by atoms with Crippen molar-refractivity contribution in [3.05, 3.63) is 34.3 Å². The van der Waals surface area contributed by atoms with Gasteiger partial charge in [0.2, 0.25) is 10.0 Å². The molecule has 8 nitrogen and oxygen atoms in total. The fourth-order valence-electron chi connectivity index (χ4n) is 3.77. The molecule has 1 heterocycles. The second-order valence-corrected chi connectivity index (χ2v) is 10.2. The third-order valence-electron chi connectivity index (χ3n) is 5.24. The molecule has 1 aliphatic heterocycles. The zero-order valence-electron chi connectivity index (χ0n) is 15.7. The quantitative estimate of drug-likeness (QED) is 0.674. The van der Waals surface area contributed by atoms with E-state index in [1.807, 2.05) is 0 Å². The van der Waals surface area contributed by atoms with Crippen LogP contribution in [0.3, 0.4) is 0 Å². The van der Waals surface area contributed by atoms with Gasteiger partial charge >= 0.3 is 0 Å². The van der Waals surface area contributed by atoms with Gasteiger partial charge in [-0.25, -0.2) is 8.42 Å². The number of hydrogen-bond acceptors (Lipinski definition) is 5. The summed E-state index contributed by atoms with van der Waals surface area (Å²) in [5.41, 5.74) is 6.31. The van der Waals surface area contributed by atoms with Gasteiger partial charge in [0.15, 0.2) is 6.17 Å². The molecule has 1 aromatic rings. The first-order valence-electron chi connectivity index (χ1n) is 9.26. The summed E-state index contributed by atoms with van der Waals surface area (Å²) < 4.78 is 26.3. The summed E-state index contributed by atoms with van der Waals surface area (Å²) in [5, 5.41) is 2.93. The Morgan fingerprint density at radius 2 is 1.86 bits per heavy atom. The van der Waals surface area contributed by atoms with Crippen molar-refractivity contribution in [2.24, 2.45) is 5.73 Å². The van der Waals surface area contributed by atoms with Gasteiger partial charge in [-0.1, -0.05) is 22.0 Å². The lowest BCUT2D eigenvalue weighted by Crippen LogP contribution is -2.55. The number of sulfonamides is 1. The summed E-state index contributed by atoms with van der Waals surface area (Å²) >= 11 is 3.33. The lowest BCUT2D eigenvalue weighted by Gasteiger charge is -2.32. The number of halogens is 1. The first kappa shape index (κ1) is 21.2. The number of nitrogens with zero attached hydrogens (tertiary/aromatic N) is 2. The molecule has 1 atom stereocenters. The first-order valence-corrected chi connectivity index (χ1v) is 11.9. The summed E-state index contributed by atoms with van der Waals surface area (Å²) in [4.78, 5) is 27.3. The van der Waals surface area contributed by atoms with Crippen molar-refractivity contribution in [3.8, 4) is 0 Å². The van der Waals surface area contributed by atoms with Gasteiger partial charge in [0.05, 0.1) is 6.26 Å². The fourth-order valence-corrected chi connectivity index (χ4v) is 5.15. The summed E-state index contributed by atoms with van der Waals surface area (Å²) in [6.07, 6.45) is 2.99. The molecule has 2 amide bonds. The van der Waals surface area contributed by atoms with Crippen LogP contribution in [0.25, 0.3) is 0 Å². The highest BCUT2D eigenvalue weighted by molar-refractivity contribution is 9.10. The number of nitrogens with one attached hydrogen (secondary N) is 1. The number of carbonyl (C=O) groups is 2. The van der Waals surface area contributed by atoms with Crippen LogP contribution in [0.2, 0.25) is 0 Å². The maximum absolute atomic E-state index is 13.0. The summed E-state index contributed by atoms with van der Waals surface area (Å²) in [5.74, 6) is -0.843. The Kier molecular flexibility index (Phi) is 6.43. The van der Waals surface area contributed by atoms with Crippen LogP contribution in [-0.2, 0) is 14.8 Å². The maximum Gasteiger partial charge on any atom is 0.259 e. The van der Waals surface area contributed by atoms with E-state index in [1.54, 1.807) is 24.3 Å².